The Hall–Kier alpha value is -3.04. The monoisotopic (exact) mass is 385 g/mol. The van der Waals surface area contributed by atoms with E-state index in [0.29, 0.717) is 16.0 Å². The number of aromatic hydroxyl groups is 1. The molecule has 0 aromatic heterocycles. The number of carbonyl (C=O) groups is 1. The van der Waals surface area contributed by atoms with Crippen LogP contribution in [0, 0.1) is 10.1 Å². The fourth-order valence-corrected chi connectivity index (χ4v) is 3.29. The summed E-state index contributed by atoms with van der Waals surface area (Å²) in [5, 5.41) is 25.5. The third kappa shape index (κ3) is 3.79. The molecule has 0 aliphatic carbocycles. The van der Waals surface area contributed by atoms with E-state index < -0.39 is 10.8 Å². The number of para-hydroxylation sites is 1. The molecule has 1 N–H and O–H groups in total. The van der Waals surface area contributed by atoms with Crippen molar-refractivity contribution < 1.29 is 14.8 Å². The minimum absolute atomic E-state index is 0.0260. The average Bonchev–Trinajstić information content (AvgIpc) is 2.88. The summed E-state index contributed by atoms with van der Waals surface area (Å²) in [6.07, 6.45) is 2.95. The second-order valence-electron chi connectivity index (χ2n) is 5.15. The first-order valence-corrected chi connectivity index (χ1v) is 8.52. The SMILES string of the molecule is O=C1C(=Cc2ccc([N+](=O)[O-])cc2)SC(=S)N1N=Cc1ccccc1O. The van der Waals surface area contributed by atoms with Crippen molar-refractivity contribution in [2.45, 2.75) is 0 Å². The lowest BCUT2D eigenvalue weighted by Gasteiger charge is -2.06. The Bertz CT molecular complexity index is 955. The van der Waals surface area contributed by atoms with E-state index in [1.54, 1.807) is 36.4 Å². The molecule has 2 aromatic carbocycles. The molecule has 0 unspecified atom stereocenters. The van der Waals surface area contributed by atoms with Gasteiger partial charge < -0.3 is 5.11 Å². The van der Waals surface area contributed by atoms with Crippen LogP contribution in [0.15, 0.2) is 58.5 Å². The zero-order valence-electron chi connectivity index (χ0n) is 13.1. The molecule has 1 fully saturated rings. The molecule has 0 saturated carbocycles. The van der Waals surface area contributed by atoms with Crippen LogP contribution in [-0.2, 0) is 4.79 Å². The number of nitro benzene ring substituents is 1. The number of phenols is 1. The highest BCUT2D eigenvalue weighted by Gasteiger charge is 2.32. The van der Waals surface area contributed by atoms with Gasteiger partial charge in [-0.05, 0) is 48.1 Å². The van der Waals surface area contributed by atoms with Gasteiger partial charge in [-0.25, -0.2) is 0 Å². The molecular weight excluding hydrogens is 374 g/mol. The number of thiocarbonyl (C=S) groups is 1. The Balaban J connectivity index is 1.80. The van der Waals surface area contributed by atoms with E-state index >= 15 is 0 Å². The first-order valence-electron chi connectivity index (χ1n) is 7.30. The van der Waals surface area contributed by atoms with E-state index in [9.17, 15) is 20.0 Å². The van der Waals surface area contributed by atoms with Gasteiger partial charge in [-0.3, -0.25) is 14.9 Å². The molecule has 3 rings (SSSR count). The van der Waals surface area contributed by atoms with Gasteiger partial charge in [0.1, 0.15) is 5.75 Å². The van der Waals surface area contributed by atoms with Crippen LogP contribution in [0.1, 0.15) is 11.1 Å². The fraction of sp³-hybridized carbons (Fsp3) is 0. The summed E-state index contributed by atoms with van der Waals surface area (Å²) in [6, 6.07) is 12.4. The topological polar surface area (TPSA) is 96.0 Å². The summed E-state index contributed by atoms with van der Waals surface area (Å²) in [7, 11) is 0. The van der Waals surface area contributed by atoms with Gasteiger partial charge in [-0.2, -0.15) is 10.1 Å². The molecule has 1 aliphatic heterocycles. The molecule has 2 aromatic rings. The molecule has 7 nitrogen and oxygen atoms in total. The molecule has 1 heterocycles. The van der Waals surface area contributed by atoms with Crippen LogP contribution in [0.3, 0.4) is 0 Å². The van der Waals surface area contributed by atoms with Gasteiger partial charge in [0.15, 0.2) is 4.32 Å². The minimum atomic E-state index is -0.489. The molecule has 0 bridgehead atoms. The van der Waals surface area contributed by atoms with E-state index in [1.807, 2.05) is 0 Å². The summed E-state index contributed by atoms with van der Waals surface area (Å²) in [4.78, 5) is 23.0. The predicted molar refractivity (Wildman–Crippen MR) is 104 cm³/mol. The van der Waals surface area contributed by atoms with Crippen LogP contribution >= 0.6 is 24.0 Å². The van der Waals surface area contributed by atoms with Crippen molar-refractivity contribution in [1.29, 1.82) is 0 Å². The quantitative estimate of drug-likeness (QED) is 0.284. The summed E-state index contributed by atoms with van der Waals surface area (Å²) in [6.45, 7) is 0. The van der Waals surface area contributed by atoms with Crippen molar-refractivity contribution in [2.24, 2.45) is 5.10 Å². The highest BCUT2D eigenvalue weighted by atomic mass is 32.2. The number of hydrogen-bond acceptors (Lipinski definition) is 7. The largest absolute Gasteiger partial charge is 0.507 e. The Morgan fingerprint density at radius 1 is 1.19 bits per heavy atom. The van der Waals surface area contributed by atoms with Crippen LogP contribution < -0.4 is 0 Å². The molecular formula is C17H11N3O4S2. The number of hydrazone groups is 1. The number of nitro groups is 1. The smallest absolute Gasteiger partial charge is 0.286 e. The van der Waals surface area contributed by atoms with E-state index in [0.717, 1.165) is 16.8 Å². The zero-order chi connectivity index (χ0) is 18.7. The van der Waals surface area contributed by atoms with E-state index in [-0.39, 0.29) is 15.8 Å². The van der Waals surface area contributed by atoms with Gasteiger partial charge in [0.05, 0.1) is 16.0 Å². The summed E-state index contributed by atoms with van der Waals surface area (Å²) in [5.74, 6) is -0.354. The van der Waals surface area contributed by atoms with Crippen LogP contribution in [0.25, 0.3) is 6.08 Å². The van der Waals surface area contributed by atoms with Gasteiger partial charge in [-0.1, -0.05) is 23.9 Å². The van der Waals surface area contributed by atoms with E-state index in [4.69, 9.17) is 12.2 Å². The van der Waals surface area contributed by atoms with Crippen molar-refractivity contribution in [3.8, 4) is 5.75 Å². The van der Waals surface area contributed by atoms with Gasteiger partial charge in [0.25, 0.3) is 11.6 Å². The predicted octanol–water partition coefficient (Wildman–Crippen LogP) is 3.54. The first-order chi connectivity index (χ1) is 12.5. The third-order valence-corrected chi connectivity index (χ3v) is 4.71. The molecule has 0 spiro atoms. The number of carbonyl (C=O) groups excluding carboxylic acids is 1. The van der Waals surface area contributed by atoms with E-state index in [1.165, 1.54) is 24.4 Å². The zero-order valence-corrected chi connectivity index (χ0v) is 14.7. The van der Waals surface area contributed by atoms with Crippen molar-refractivity contribution in [3.63, 3.8) is 0 Å². The van der Waals surface area contributed by atoms with Gasteiger partial charge in [-0.15, -0.1) is 0 Å². The minimum Gasteiger partial charge on any atom is -0.507 e. The number of benzene rings is 2. The van der Waals surface area contributed by atoms with Crippen molar-refractivity contribution in [2.75, 3.05) is 0 Å². The van der Waals surface area contributed by atoms with Crippen LogP contribution in [-0.4, -0.2) is 31.5 Å². The molecule has 1 saturated heterocycles. The lowest BCUT2D eigenvalue weighted by Crippen LogP contribution is -2.22. The Kier molecular flexibility index (Phi) is 5.10. The number of phenolic OH excluding ortho intramolecular Hbond substituents is 1. The molecule has 130 valence electrons. The van der Waals surface area contributed by atoms with Gasteiger partial charge >= 0.3 is 0 Å². The summed E-state index contributed by atoms with van der Waals surface area (Å²) < 4.78 is 0.259. The van der Waals surface area contributed by atoms with Crippen molar-refractivity contribution >= 4 is 52.2 Å². The standard InChI is InChI=1S/C17H11N3O4S2/c21-14-4-2-1-3-12(14)10-18-19-16(22)15(26-17(19)25)9-11-5-7-13(8-6-11)20(23)24/h1-10,21H. The summed E-state index contributed by atoms with van der Waals surface area (Å²) in [5.41, 5.74) is 1.07. The maximum absolute atomic E-state index is 12.5. The van der Waals surface area contributed by atoms with Crippen LogP contribution in [0.2, 0.25) is 0 Å². The molecule has 26 heavy (non-hydrogen) atoms. The maximum atomic E-state index is 12.5. The molecule has 0 atom stereocenters. The highest BCUT2D eigenvalue weighted by Crippen LogP contribution is 2.33. The number of hydrogen-bond donors (Lipinski definition) is 1. The molecule has 1 amide bonds. The molecule has 9 heteroatoms. The first kappa shape index (κ1) is 17.8. The lowest BCUT2D eigenvalue weighted by molar-refractivity contribution is -0.384. The highest BCUT2D eigenvalue weighted by molar-refractivity contribution is 8.26. The second kappa shape index (κ2) is 7.46. The van der Waals surface area contributed by atoms with Gasteiger partial charge in [0, 0.05) is 17.7 Å². The van der Waals surface area contributed by atoms with Gasteiger partial charge in [0.2, 0.25) is 0 Å². The van der Waals surface area contributed by atoms with Crippen LogP contribution in [0.4, 0.5) is 5.69 Å². The average molecular weight is 385 g/mol. The normalized spacial score (nSPS) is 16.0. The van der Waals surface area contributed by atoms with Crippen molar-refractivity contribution in [3.05, 3.63) is 74.7 Å². The Morgan fingerprint density at radius 2 is 1.88 bits per heavy atom. The number of amides is 1. The third-order valence-electron chi connectivity index (χ3n) is 3.42. The number of thioether (sulfide) groups is 1. The molecule has 0 radical (unpaired) electrons. The Labute approximate surface area is 157 Å². The van der Waals surface area contributed by atoms with Crippen LogP contribution in [0.5, 0.6) is 5.75 Å². The number of non-ortho nitro benzene ring substituents is 1. The molecule has 1 aliphatic rings. The fourth-order valence-electron chi connectivity index (χ4n) is 2.12. The summed E-state index contributed by atoms with van der Waals surface area (Å²) >= 11 is 6.26. The lowest BCUT2D eigenvalue weighted by atomic mass is 10.2. The second-order valence-corrected chi connectivity index (χ2v) is 6.82. The number of nitrogens with zero attached hydrogens (tertiary/aromatic N) is 3. The van der Waals surface area contributed by atoms with E-state index in [2.05, 4.69) is 5.10 Å². The maximum Gasteiger partial charge on any atom is 0.286 e. The number of rotatable bonds is 4. The Morgan fingerprint density at radius 3 is 2.54 bits per heavy atom. The van der Waals surface area contributed by atoms with Crippen molar-refractivity contribution in [1.82, 2.24) is 5.01 Å².